The molecule has 2 aliphatic rings. The van der Waals surface area contributed by atoms with Gasteiger partial charge >= 0.3 is 0 Å². The second kappa shape index (κ2) is 11.8. The summed E-state index contributed by atoms with van der Waals surface area (Å²) in [5, 5.41) is 6.41. The van der Waals surface area contributed by atoms with Crippen LogP contribution in [0.15, 0.2) is 59.2 Å². The Labute approximate surface area is 216 Å². The lowest BCUT2D eigenvalue weighted by Crippen LogP contribution is -2.28. The zero-order valence-corrected chi connectivity index (χ0v) is 22.9. The summed E-state index contributed by atoms with van der Waals surface area (Å²) in [5.41, 5.74) is 3.47. The molecule has 0 spiro atoms. The summed E-state index contributed by atoms with van der Waals surface area (Å²) in [6, 6.07) is 5.81. The number of carbonyl (C=O) groups excluding carboxylic acids is 1. The molecule has 2 heterocycles. The minimum atomic E-state index is -0.122. The third kappa shape index (κ3) is 6.58. The molecule has 0 radical (unpaired) electrons. The minimum absolute atomic E-state index is 0.0141. The normalized spacial score (nSPS) is 15.6. The number of hydrogen-bond donors (Lipinski definition) is 0. The van der Waals surface area contributed by atoms with Gasteiger partial charge in [0, 0.05) is 38.0 Å². The molecule has 0 bridgehead atoms. The van der Waals surface area contributed by atoms with Gasteiger partial charge in [-0.15, -0.1) is 5.10 Å². The summed E-state index contributed by atoms with van der Waals surface area (Å²) in [5.74, 6) is 1.88. The lowest BCUT2D eigenvalue weighted by molar-refractivity contribution is 0.0961. The largest absolute Gasteiger partial charge is 0.493 e. The highest BCUT2D eigenvalue weighted by atomic mass is 16.5. The average molecular weight is 496 g/mol. The van der Waals surface area contributed by atoms with Gasteiger partial charge in [0.1, 0.15) is 11.6 Å². The van der Waals surface area contributed by atoms with E-state index in [1.807, 2.05) is 42.3 Å². The predicted molar refractivity (Wildman–Crippen MR) is 144 cm³/mol. The number of allylic oxidation sites excluding steroid dienone is 1. The van der Waals surface area contributed by atoms with Crippen molar-refractivity contribution in [2.45, 2.75) is 72.3 Å². The van der Waals surface area contributed by atoms with Crippen molar-refractivity contribution in [1.29, 1.82) is 0 Å². The van der Waals surface area contributed by atoms with Crippen LogP contribution in [-0.4, -0.2) is 54.6 Å². The maximum absolute atomic E-state index is 13.4. The van der Waals surface area contributed by atoms with Gasteiger partial charge in [-0.3, -0.25) is 4.79 Å². The molecule has 0 fully saturated rings. The van der Waals surface area contributed by atoms with Gasteiger partial charge in [-0.1, -0.05) is 41.2 Å². The molecule has 0 aromatic heterocycles. The third-order valence-electron chi connectivity index (χ3n) is 6.39. The zero-order valence-electron chi connectivity index (χ0n) is 22.9. The second-order valence-electron chi connectivity index (χ2n) is 10.3. The van der Waals surface area contributed by atoms with Crippen LogP contribution in [0.4, 0.5) is 0 Å². The van der Waals surface area contributed by atoms with Gasteiger partial charge in [0.15, 0.2) is 5.78 Å². The van der Waals surface area contributed by atoms with E-state index in [2.05, 4.69) is 46.3 Å². The molecule has 36 heavy (non-hydrogen) atoms. The summed E-state index contributed by atoms with van der Waals surface area (Å²) in [6.07, 6.45) is 6.61. The molecule has 3 rings (SSSR count). The molecule has 0 unspecified atom stereocenters. The number of carbonyl (C=O) groups is 1. The summed E-state index contributed by atoms with van der Waals surface area (Å²) >= 11 is 0. The summed E-state index contributed by atoms with van der Waals surface area (Å²) < 4.78 is 17.1. The van der Waals surface area contributed by atoms with Crippen LogP contribution in [-0.2, 0) is 14.9 Å². The molecule has 7 heteroatoms. The molecule has 7 nitrogen and oxygen atoms in total. The van der Waals surface area contributed by atoms with Gasteiger partial charge < -0.3 is 19.1 Å². The van der Waals surface area contributed by atoms with Crippen molar-refractivity contribution >= 4 is 11.7 Å². The number of Topliss-reactive ketones (excluding diaryl/α,β-unsaturated/α-hetero) is 1. The minimum Gasteiger partial charge on any atom is -0.493 e. The summed E-state index contributed by atoms with van der Waals surface area (Å²) in [7, 11) is 1.68. The number of hydrazone groups is 1. The molecular weight excluding hydrogens is 454 g/mol. The Kier molecular flexibility index (Phi) is 9.01. The van der Waals surface area contributed by atoms with Crippen molar-refractivity contribution in [2.24, 2.45) is 5.10 Å². The highest BCUT2D eigenvalue weighted by molar-refractivity contribution is 5.98. The van der Waals surface area contributed by atoms with Crippen LogP contribution in [0, 0.1) is 0 Å². The van der Waals surface area contributed by atoms with E-state index >= 15 is 0 Å². The SMILES string of the molecule is C=C1N(CC(=O)c2cc(OCCCOC)cc(C(C)(C)C)c2)C=C2C(C)=CC(OC(CC)CC)=NN12. The fourth-order valence-corrected chi connectivity index (χ4v) is 4.04. The lowest BCUT2D eigenvalue weighted by Gasteiger charge is -2.26. The number of methoxy groups -OCH3 is 1. The molecule has 0 amide bonds. The van der Waals surface area contributed by atoms with Gasteiger partial charge in [-0.05, 0) is 54.5 Å². The monoisotopic (exact) mass is 495 g/mol. The topological polar surface area (TPSA) is 63.6 Å². The van der Waals surface area contributed by atoms with E-state index in [9.17, 15) is 4.79 Å². The summed E-state index contributed by atoms with van der Waals surface area (Å²) in [6.45, 7) is 18.1. The number of ketones is 1. The molecule has 0 saturated carbocycles. The van der Waals surface area contributed by atoms with Gasteiger partial charge in [-0.2, -0.15) is 0 Å². The lowest BCUT2D eigenvalue weighted by atomic mass is 9.85. The van der Waals surface area contributed by atoms with Gasteiger partial charge in [0.2, 0.25) is 5.90 Å². The molecule has 0 aliphatic carbocycles. The van der Waals surface area contributed by atoms with Crippen molar-refractivity contribution in [2.75, 3.05) is 26.9 Å². The van der Waals surface area contributed by atoms with E-state index in [-0.39, 0.29) is 23.8 Å². The van der Waals surface area contributed by atoms with Crippen LogP contribution < -0.4 is 4.74 Å². The number of hydrogen-bond acceptors (Lipinski definition) is 7. The van der Waals surface area contributed by atoms with E-state index < -0.39 is 0 Å². The predicted octanol–water partition coefficient (Wildman–Crippen LogP) is 5.99. The van der Waals surface area contributed by atoms with Crippen LogP contribution in [0.5, 0.6) is 5.75 Å². The molecule has 0 atom stereocenters. The molecular formula is C29H41N3O4. The molecule has 1 aromatic rings. The van der Waals surface area contributed by atoms with Crippen molar-refractivity contribution in [3.05, 3.63) is 65.3 Å². The van der Waals surface area contributed by atoms with Gasteiger partial charge in [0.05, 0.1) is 25.0 Å². The first-order valence-electron chi connectivity index (χ1n) is 12.8. The van der Waals surface area contributed by atoms with E-state index in [1.54, 1.807) is 12.1 Å². The highest BCUT2D eigenvalue weighted by Gasteiger charge is 2.31. The van der Waals surface area contributed by atoms with Crippen LogP contribution in [0.25, 0.3) is 0 Å². The van der Waals surface area contributed by atoms with Crippen molar-refractivity contribution in [3.63, 3.8) is 0 Å². The fourth-order valence-electron chi connectivity index (χ4n) is 4.04. The Morgan fingerprint density at radius 1 is 1.14 bits per heavy atom. The fraction of sp³-hybridized carbons (Fsp3) is 0.517. The Hall–Kier alpha value is -3.06. The Morgan fingerprint density at radius 2 is 1.86 bits per heavy atom. The second-order valence-corrected chi connectivity index (χ2v) is 10.3. The first kappa shape index (κ1) is 27.5. The number of rotatable bonds is 11. The standard InChI is InChI=1S/C29H41N3O4/c1-9-24(10-2)36-28-14-20(3)26-18-31(21(4)32(26)30-28)19-27(33)22-15-23(29(5,6)7)17-25(16-22)35-13-11-12-34-8/h14-18,24H,4,9-13,19H2,1-3,5-8H3. The molecule has 1 aromatic carbocycles. The maximum atomic E-state index is 13.4. The molecule has 0 saturated heterocycles. The van der Waals surface area contributed by atoms with E-state index in [1.165, 1.54) is 0 Å². The quantitative estimate of drug-likeness (QED) is 0.278. The summed E-state index contributed by atoms with van der Waals surface area (Å²) in [4.78, 5) is 15.3. The van der Waals surface area contributed by atoms with E-state index in [0.717, 1.165) is 36.1 Å². The molecule has 196 valence electrons. The average Bonchev–Trinajstić information content (AvgIpc) is 3.15. The van der Waals surface area contributed by atoms with Gasteiger partial charge in [0.25, 0.3) is 0 Å². The Balaban J connectivity index is 1.78. The number of nitrogens with zero attached hydrogens (tertiary/aromatic N) is 3. The van der Waals surface area contributed by atoms with Crippen LogP contribution >= 0.6 is 0 Å². The first-order valence-corrected chi connectivity index (χ1v) is 12.8. The van der Waals surface area contributed by atoms with E-state index in [4.69, 9.17) is 14.2 Å². The number of ether oxygens (including phenoxy) is 3. The van der Waals surface area contributed by atoms with Crippen LogP contribution in [0.2, 0.25) is 0 Å². The van der Waals surface area contributed by atoms with Crippen LogP contribution in [0.3, 0.4) is 0 Å². The van der Waals surface area contributed by atoms with Crippen molar-refractivity contribution in [1.82, 2.24) is 9.91 Å². The Bertz CT molecular complexity index is 1060. The number of fused-ring (bicyclic) bond motifs is 1. The van der Waals surface area contributed by atoms with Gasteiger partial charge in [-0.25, -0.2) is 5.01 Å². The van der Waals surface area contributed by atoms with Crippen LogP contribution in [0.1, 0.15) is 76.7 Å². The molecule has 2 aliphatic heterocycles. The highest BCUT2D eigenvalue weighted by Crippen LogP contribution is 2.34. The number of benzene rings is 1. The van der Waals surface area contributed by atoms with E-state index in [0.29, 0.717) is 36.2 Å². The maximum Gasteiger partial charge on any atom is 0.232 e. The Morgan fingerprint density at radius 3 is 2.50 bits per heavy atom. The zero-order chi connectivity index (χ0) is 26.5. The first-order chi connectivity index (χ1) is 17.1. The van der Waals surface area contributed by atoms with Crippen molar-refractivity contribution < 1.29 is 19.0 Å². The molecule has 0 N–H and O–H groups in total. The van der Waals surface area contributed by atoms with Crippen molar-refractivity contribution in [3.8, 4) is 5.75 Å². The third-order valence-corrected chi connectivity index (χ3v) is 6.39. The smallest absolute Gasteiger partial charge is 0.232 e.